The number of carbonyl (C=O) groups is 4. The van der Waals surface area contributed by atoms with Crippen molar-refractivity contribution in [1.29, 1.82) is 0 Å². The first-order valence-corrected chi connectivity index (χ1v) is 14.7. The van der Waals surface area contributed by atoms with Crippen LogP contribution in [0.1, 0.15) is 52.6 Å². The molecule has 0 radical (unpaired) electrons. The number of carbonyl (C=O) groups excluding carboxylic acids is 4. The molecule has 5 aromatic rings. The van der Waals surface area contributed by atoms with Crippen molar-refractivity contribution in [3.8, 4) is 23.0 Å². The van der Waals surface area contributed by atoms with E-state index < -0.39 is 23.4 Å². The topological polar surface area (TPSA) is 108 Å². The summed E-state index contributed by atoms with van der Waals surface area (Å²) in [4.78, 5) is 58.3. The van der Waals surface area contributed by atoms with Crippen LogP contribution in [0.15, 0.2) is 115 Å². The van der Waals surface area contributed by atoms with E-state index >= 15 is 0 Å². The number of halogens is 4. The molecule has 0 heterocycles. The largest absolute Gasteiger partial charge is 0.385 e. The van der Waals surface area contributed by atoms with E-state index in [9.17, 15) is 19.2 Å². The average Bonchev–Trinajstić information content (AvgIpc) is 3.13. The molecule has 0 saturated heterocycles. The summed E-state index contributed by atoms with van der Waals surface area (Å²) in [5.41, 5.74) is -1.27. The SMILES string of the molecule is O=C(c1ccccc1OCl)c1cccc(N(C(=O)c2ccccc2OCl)C(=O)c2ccccc2OCl)c1C(=O)c1ccccc1OCl. The van der Waals surface area contributed by atoms with Crippen LogP contribution in [0.2, 0.25) is 0 Å². The van der Waals surface area contributed by atoms with Crippen molar-refractivity contribution in [2.24, 2.45) is 0 Å². The number of nitrogens with zero attached hydrogens (tertiary/aromatic N) is 1. The lowest BCUT2D eigenvalue weighted by molar-refractivity contribution is 0.0894. The van der Waals surface area contributed by atoms with Crippen LogP contribution in [0.25, 0.3) is 0 Å². The van der Waals surface area contributed by atoms with Crippen LogP contribution in [0, 0.1) is 0 Å². The fourth-order valence-corrected chi connectivity index (χ4v) is 5.39. The van der Waals surface area contributed by atoms with E-state index in [1.54, 1.807) is 36.4 Å². The van der Waals surface area contributed by atoms with Gasteiger partial charge >= 0.3 is 0 Å². The van der Waals surface area contributed by atoms with Gasteiger partial charge in [0.2, 0.25) is 0 Å². The quantitative estimate of drug-likeness (QED) is 0.0989. The molecule has 236 valence electrons. The van der Waals surface area contributed by atoms with E-state index in [4.69, 9.17) is 64.6 Å². The Morgan fingerprint density at radius 2 is 0.745 bits per heavy atom. The number of amides is 2. The van der Waals surface area contributed by atoms with Crippen molar-refractivity contribution < 1.29 is 36.3 Å². The molecule has 47 heavy (non-hydrogen) atoms. The van der Waals surface area contributed by atoms with Crippen molar-refractivity contribution in [1.82, 2.24) is 0 Å². The number of ketones is 2. The Balaban J connectivity index is 1.85. The third-order valence-electron chi connectivity index (χ3n) is 6.99. The lowest BCUT2D eigenvalue weighted by atomic mass is 9.90. The molecular formula is C34H19Cl4NO8. The highest BCUT2D eigenvalue weighted by Gasteiger charge is 2.36. The monoisotopic (exact) mass is 709 g/mol. The molecule has 9 nitrogen and oxygen atoms in total. The standard InChI is InChI=1S/C34H19Cl4NO8/c35-44-26-16-5-1-10-20(26)31(40)24-14-9-15-25(30(24)32(41)21-11-2-6-17-27(21)45-36)39(33(42)22-12-3-7-18-28(22)46-37)34(43)23-13-4-8-19-29(23)47-38/h1-19H. The second-order valence-electron chi connectivity index (χ2n) is 9.60. The van der Waals surface area contributed by atoms with Crippen molar-refractivity contribution in [3.63, 3.8) is 0 Å². The molecule has 0 bridgehead atoms. The van der Waals surface area contributed by atoms with Gasteiger partial charge in [-0.3, -0.25) is 19.2 Å². The molecule has 0 saturated carbocycles. The van der Waals surface area contributed by atoms with Crippen LogP contribution in [-0.4, -0.2) is 23.4 Å². The zero-order valence-corrected chi connectivity index (χ0v) is 26.7. The number of imide groups is 1. The number of anilines is 1. The lowest BCUT2D eigenvalue weighted by Gasteiger charge is -2.26. The number of rotatable bonds is 11. The van der Waals surface area contributed by atoms with E-state index in [2.05, 4.69) is 0 Å². The molecule has 0 aliphatic rings. The van der Waals surface area contributed by atoms with Crippen LogP contribution in [0.5, 0.6) is 23.0 Å². The van der Waals surface area contributed by atoms with E-state index in [0.29, 0.717) is 4.90 Å². The Hall–Kier alpha value is -5.06. The van der Waals surface area contributed by atoms with Crippen molar-refractivity contribution in [2.45, 2.75) is 0 Å². The predicted octanol–water partition coefficient (Wildman–Crippen LogP) is 8.77. The third-order valence-corrected chi connectivity index (χ3v) is 7.66. The summed E-state index contributed by atoms with van der Waals surface area (Å²) >= 11 is 22.8. The van der Waals surface area contributed by atoms with Gasteiger partial charge in [0.15, 0.2) is 34.6 Å². The van der Waals surface area contributed by atoms with Gasteiger partial charge in [0.1, 0.15) is 47.5 Å². The number of hydrogen-bond donors (Lipinski definition) is 0. The Morgan fingerprint density at radius 1 is 0.404 bits per heavy atom. The van der Waals surface area contributed by atoms with Gasteiger partial charge in [-0.2, -0.15) is 0 Å². The summed E-state index contributed by atoms with van der Waals surface area (Å²) in [7, 11) is 0. The van der Waals surface area contributed by atoms with Gasteiger partial charge in [-0.05, 0) is 54.6 Å². The summed E-state index contributed by atoms with van der Waals surface area (Å²) in [6, 6.07) is 27.8. The highest BCUT2D eigenvalue weighted by molar-refractivity contribution is 6.32. The Kier molecular flexibility index (Phi) is 10.6. The minimum absolute atomic E-state index is 0.00199. The van der Waals surface area contributed by atoms with E-state index in [1.165, 1.54) is 78.9 Å². The van der Waals surface area contributed by atoms with Gasteiger partial charge in [0.05, 0.1) is 33.5 Å². The molecule has 0 atom stereocenters. The van der Waals surface area contributed by atoms with Gasteiger partial charge in [0, 0.05) is 5.56 Å². The fourth-order valence-electron chi connectivity index (χ4n) is 4.85. The molecular weight excluding hydrogens is 692 g/mol. The zero-order valence-electron chi connectivity index (χ0n) is 23.7. The first-order chi connectivity index (χ1) is 22.9. The summed E-state index contributed by atoms with van der Waals surface area (Å²) in [5.74, 6) is -3.72. The molecule has 2 amide bonds. The average molecular weight is 711 g/mol. The molecule has 0 N–H and O–H groups in total. The summed E-state index contributed by atoms with van der Waals surface area (Å²) in [6.07, 6.45) is 0. The Labute approximate surface area is 288 Å². The van der Waals surface area contributed by atoms with Crippen LogP contribution in [-0.2, 0) is 0 Å². The lowest BCUT2D eigenvalue weighted by Crippen LogP contribution is -2.39. The minimum Gasteiger partial charge on any atom is -0.385 e. The maximum atomic E-state index is 14.5. The maximum Gasteiger partial charge on any atom is 0.269 e. The minimum atomic E-state index is -0.972. The third kappa shape index (κ3) is 6.61. The van der Waals surface area contributed by atoms with Crippen molar-refractivity contribution in [2.75, 3.05) is 4.90 Å². The van der Waals surface area contributed by atoms with Gasteiger partial charge in [-0.25, -0.2) is 4.90 Å². The molecule has 0 aromatic heterocycles. The molecule has 0 spiro atoms. The molecule has 5 rings (SSSR count). The van der Waals surface area contributed by atoms with Crippen molar-refractivity contribution in [3.05, 3.63) is 149 Å². The molecule has 5 aromatic carbocycles. The molecule has 13 heteroatoms. The van der Waals surface area contributed by atoms with E-state index in [1.807, 2.05) is 0 Å². The second kappa shape index (κ2) is 15.0. The summed E-state index contributed by atoms with van der Waals surface area (Å²) in [6.45, 7) is 0. The van der Waals surface area contributed by atoms with Crippen LogP contribution in [0.4, 0.5) is 5.69 Å². The Morgan fingerprint density at radius 3 is 1.17 bits per heavy atom. The second-order valence-corrected chi connectivity index (χ2v) is 10.2. The number of hydrogen-bond acceptors (Lipinski definition) is 8. The zero-order chi connectivity index (χ0) is 33.5. The maximum absolute atomic E-state index is 14.5. The van der Waals surface area contributed by atoms with Crippen LogP contribution in [0.3, 0.4) is 0 Å². The summed E-state index contributed by atoms with van der Waals surface area (Å²) in [5, 5.41) is 0. The van der Waals surface area contributed by atoms with Crippen LogP contribution >= 0.6 is 47.5 Å². The normalized spacial score (nSPS) is 10.5. The molecule has 0 fully saturated rings. The number of benzene rings is 5. The Bertz CT molecular complexity index is 1940. The highest BCUT2D eigenvalue weighted by atomic mass is 35.5. The van der Waals surface area contributed by atoms with Gasteiger partial charge in [0.25, 0.3) is 11.8 Å². The fraction of sp³-hybridized carbons (Fsp3) is 0. The first kappa shape index (κ1) is 33.3. The summed E-state index contributed by atoms with van der Waals surface area (Å²) < 4.78 is 19.6. The van der Waals surface area contributed by atoms with Gasteiger partial charge in [-0.15, -0.1) is 0 Å². The molecule has 0 aliphatic heterocycles. The highest BCUT2D eigenvalue weighted by Crippen LogP contribution is 2.36. The molecule has 0 aliphatic carbocycles. The van der Waals surface area contributed by atoms with Crippen molar-refractivity contribution >= 4 is 76.5 Å². The van der Waals surface area contributed by atoms with Gasteiger partial charge in [-0.1, -0.05) is 60.7 Å². The van der Waals surface area contributed by atoms with E-state index in [-0.39, 0.29) is 62.1 Å². The van der Waals surface area contributed by atoms with E-state index in [0.717, 1.165) is 0 Å². The van der Waals surface area contributed by atoms with Crippen LogP contribution < -0.4 is 22.1 Å². The smallest absolute Gasteiger partial charge is 0.269 e. The molecule has 0 unspecified atom stereocenters. The first-order valence-electron chi connectivity index (χ1n) is 13.5. The predicted molar refractivity (Wildman–Crippen MR) is 176 cm³/mol. The number of para-hydroxylation sites is 4. The van der Waals surface area contributed by atoms with Gasteiger partial charge < -0.3 is 17.2 Å².